The van der Waals surface area contributed by atoms with Gasteiger partial charge in [-0.3, -0.25) is 4.90 Å². The highest BCUT2D eigenvalue weighted by Gasteiger charge is 2.26. The van der Waals surface area contributed by atoms with Crippen LogP contribution in [0.5, 0.6) is 0 Å². The lowest BCUT2D eigenvalue weighted by Gasteiger charge is -2.28. The Hall–Kier alpha value is -1.63. The van der Waals surface area contributed by atoms with Crippen molar-refractivity contribution in [2.45, 2.75) is 25.3 Å². The number of aromatic nitrogens is 1. The molecule has 0 saturated carbocycles. The van der Waals surface area contributed by atoms with E-state index >= 15 is 0 Å². The number of hydrogen-bond acceptors (Lipinski definition) is 3. The molecule has 1 N–H and O–H groups in total. The zero-order valence-electron chi connectivity index (χ0n) is 14.8. The Kier molecular flexibility index (Phi) is 5.93. The van der Waals surface area contributed by atoms with Crippen molar-refractivity contribution in [2.24, 2.45) is 7.05 Å². The summed E-state index contributed by atoms with van der Waals surface area (Å²) in [5, 5.41) is 0. The van der Waals surface area contributed by atoms with Gasteiger partial charge in [-0.15, -0.1) is 0 Å². The Labute approximate surface area is 150 Å². The van der Waals surface area contributed by atoms with Crippen molar-refractivity contribution in [3.63, 3.8) is 0 Å². The molecule has 1 aromatic carbocycles. The fourth-order valence-electron chi connectivity index (χ4n) is 3.47. The van der Waals surface area contributed by atoms with Crippen LogP contribution in [0.1, 0.15) is 30.1 Å². The van der Waals surface area contributed by atoms with E-state index in [9.17, 15) is 8.42 Å². The fourth-order valence-corrected chi connectivity index (χ4v) is 4.53. The van der Waals surface area contributed by atoms with E-state index in [-0.39, 0.29) is 11.8 Å². The van der Waals surface area contributed by atoms with E-state index < -0.39 is 10.0 Å². The summed E-state index contributed by atoms with van der Waals surface area (Å²) in [7, 11) is -1.28. The van der Waals surface area contributed by atoms with Gasteiger partial charge in [-0.25, -0.2) is 13.1 Å². The molecule has 0 unspecified atom stereocenters. The third-order valence-electron chi connectivity index (χ3n) is 4.91. The summed E-state index contributed by atoms with van der Waals surface area (Å²) in [6.45, 7) is 2.48. The van der Waals surface area contributed by atoms with E-state index in [4.69, 9.17) is 0 Å². The van der Waals surface area contributed by atoms with Crippen molar-refractivity contribution >= 4 is 10.0 Å². The van der Waals surface area contributed by atoms with Crippen LogP contribution in [0.4, 0.5) is 0 Å². The van der Waals surface area contributed by atoms with Gasteiger partial charge >= 0.3 is 0 Å². The second kappa shape index (κ2) is 8.17. The van der Waals surface area contributed by atoms with Crippen LogP contribution in [-0.4, -0.2) is 43.3 Å². The van der Waals surface area contributed by atoms with Gasteiger partial charge in [-0.2, -0.15) is 0 Å². The number of nitrogens with one attached hydrogen (secondary N) is 1. The molecule has 1 aliphatic heterocycles. The van der Waals surface area contributed by atoms with Gasteiger partial charge in [-0.1, -0.05) is 30.3 Å². The zero-order chi connectivity index (χ0) is 17.7. The molecule has 2 heterocycles. The number of rotatable bonds is 8. The lowest BCUT2D eigenvalue weighted by atomic mass is 10.2. The lowest BCUT2D eigenvalue weighted by molar-refractivity contribution is 0.238. The maximum absolute atomic E-state index is 12.4. The van der Waals surface area contributed by atoms with Crippen LogP contribution in [0, 0.1) is 0 Å². The number of aryl methyl sites for hydroxylation is 2. The maximum Gasteiger partial charge on any atom is 0.211 e. The lowest BCUT2D eigenvalue weighted by Crippen LogP contribution is -2.38. The molecule has 3 rings (SSSR count). The van der Waals surface area contributed by atoms with Crippen LogP contribution in [0.15, 0.2) is 48.7 Å². The molecule has 136 valence electrons. The standard InChI is InChI=1S/C19H27N3O2S/c1-21-12-7-10-18(21)19(22-13-5-6-14-22)16-20-25(23,24)15-11-17-8-3-2-4-9-17/h2-4,7-10,12,19-20H,5-6,11,13-16H2,1H3/t19-/m1/s1. The van der Waals surface area contributed by atoms with Gasteiger partial charge in [0.1, 0.15) is 0 Å². The third-order valence-corrected chi connectivity index (χ3v) is 6.25. The van der Waals surface area contributed by atoms with Crippen LogP contribution in [-0.2, 0) is 23.5 Å². The van der Waals surface area contributed by atoms with E-state index in [1.165, 1.54) is 12.8 Å². The normalized spacial score (nSPS) is 17.0. The summed E-state index contributed by atoms with van der Waals surface area (Å²) in [4.78, 5) is 2.38. The molecule has 1 atom stereocenters. The van der Waals surface area contributed by atoms with Crippen molar-refractivity contribution in [2.75, 3.05) is 25.4 Å². The smallest absolute Gasteiger partial charge is 0.211 e. The first-order chi connectivity index (χ1) is 12.1. The molecule has 1 saturated heterocycles. The Morgan fingerprint density at radius 3 is 2.44 bits per heavy atom. The summed E-state index contributed by atoms with van der Waals surface area (Å²) in [6, 6.07) is 13.9. The zero-order valence-corrected chi connectivity index (χ0v) is 15.6. The van der Waals surface area contributed by atoms with Crippen molar-refractivity contribution in [1.29, 1.82) is 0 Å². The Morgan fingerprint density at radius 2 is 1.80 bits per heavy atom. The maximum atomic E-state index is 12.4. The van der Waals surface area contributed by atoms with Crippen molar-refractivity contribution in [3.05, 3.63) is 59.9 Å². The molecule has 1 aliphatic rings. The highest BCUT2D eigenvalue weighted by molar-refractivity contribution is 7.89. The van der Waals surface area contributed by atoms with Gasteiger partial charge in [0.25, 0.3) is 0 Å². The topological polar surface area (TPSA) is 54.3 Å². The van der Waals surface area contributed by atoms with Gasteiger partial charge in [0, 0.05) is 25.5 Å². The Bertz CT molecular complexity index is 765. The number of nitrogens with zero attached hydrogens (tertiary/aromatic N) is 2. The first-order valence-electron chi connectivity index (χ1n) is 8.92. The third kappa shape index (κ3) is 4.93. The quantitative estimate of drug-likeness (QED) is 0.785. The van der Waals surface area contributed by atoms with E-state index in [2.05, 4.69) is 20.3 Å². The van der Waals surface area contributed by atoms with Gasteiger partial charge in [-0.05, 0) is 50.0 Å². The first kappa shape index (κ1) is 18.2. The van der Waals surface area contributed by atoms with Gasteiger partial charge in [0.15, 0.2) is 0 Å². The summed E-state index contributed by atoms with van der Waals surface area (Å²) in [6.07, 6.45) is 4.92. The minimum Gasteiger partial charge on any atom is -0.353 e. The number of sulfonamides is 1. The van der Waals surface area contributed by atoms with Gasteiger partial charge in [0.2, 0.25) is 10.0 Å². The summed E-state index contributed by atoms with van der Waals surface area (Å²) < 4.78 is 29.8. The molecule has 0 amide bonds. The fraction of sp³-hybridized carbons (Fsp3) is 0.474. The molecule has 0 aliphatic carbocycles. The monoisotopic (exact) mass is 361 g/mol. The number of hydrogen-bond donors (Lipinski definition) is 1. The van der Waals surface area contributed by atoms with Crippen LogP contribution in [0.3, 0.4) is 0 Å². The highest BCUT2D eigenvalue weighted by atomic mass is 32.2. The minimum absolute atomic E-state index is 0.0917. The second-order valence-corrected chi connectivity index (χ2v) is 8.63. The van der Waals surface area contributed by atoms with Crippen molar-refractivity contribution in [1.82, 2.24) is 14.2 Å². The molecule has 25 heavy (non-hydrogen) atoms. The summed E-state index contributed by atoms with van der Waals surface area (Å²) >= 11 is 0. The molecule has 0 bridgehead atoms. The van der Waals surface area contributed by atoms with Crippen molar-refractivity contribution in [3.8, 4) is 0 Å². The Balaban J connectivity index is 1.62. The summed E-state index contributed by atoms with van der Waals surface area (Å²) in [5.41, 5.74) is 2.21. The molecule has 6 heteroatoms. The molecular formula is C19H27N3O2S. The van der Waals surface area contributed by atoms with Crippen LogP contribution in [0.2, 0.25) is 0 Å². The second-order valence-electron chi connectivity index (χ2n) is 6.71. The van der Waals surface area contributed by atoms with E-state index in [0.717, 1.165) is 24.3 Å². The Morgan fingerprint density at radius 1 is 1.08 bits per heavy atom. The van der Waals surface area contributed by atoms with E-state index in [0.29, 0.717) is 13.0 Å². The largest absolute Gasteiger partial charge is 0.353 e. The molecule has 1 aromatic heterocycles. The number of benzene rings is 1. The predicted octanol–water partition coefficient (Wildman–Crippen LogP) is 2.32. The van der Waals surface area contributed by atoms with Crippen LogP contribution in [0.25, 0.3) is 0 Å². The van der Waals surface area contributed by atoms with Crippen molar-refractivity contribution < 1.29 is 8.42 Å². The van der Waals surface area contributed by atoms with E-state index in [1.54, 1.807) is 0 Å². The first-order valence-corrected chi connectivity index (χ1v) is 10.6. The van der Waals surface area contributed by atoms with Gasteiger partial charge < -0.3 is 4.57 Å². The average Bonchev–Trinajstić information content (AvgIpc) is 3.27. The SMILES string of the molecule is Cn1cccc1[C@@H](CNS(=O)(=O)CCc1ccccc1)N1CCCC1. The molecular weight excluding hydrogens is 334 g/mol. The predicted molar refractivity (Wildman–Crippen MR) is 101 cm³/mol. The number of likely N-dealkylation sites (tertiary alicyclic amines) is 1. The van der Waals surface area contributed by atoms with Gasteiger partial charge in [0.05, 0.1) is 11.8 Å². The molecule has 0 spiro atoms. The van der Waals surface area contributed by atoms with Crippen LogP contribution >= 0.6 is 0 Å². The van der Waals surface area contributed by atoms with E-state index in [1.807, 2.05) is 49.6 Å². The molecule has 1 fully saturated rings. The minimum atomic E-state index is -3.29. The molecule has 5 nitrogen and oxygen atoms in total. The average molecular weight is 362 g/mol. The highest BCUT2D eigenvalue weighted by Crippen LogP contribution is 2.24. The molecule has 2 aromatic rings. The van der Waals surface area contributed by atoms with Crippen LogP contribution < -0.4 is 4.72 Å². The molecule has 0 radical (unpaired) electrons. The summed E-state index contributed by atoms with van der Waals surface area (Å²) in [5.74, 6) is 0.122.